The molecule has 3 rings (SSSR count). The van der Waals surface area contributed by atoms with Crippen molar-refractivity contribution in [1.82, 2.24) is 14.9 Å². The number of halogens is 1. The first kappa shape index (κ1) is 19.4. The van der Waals surface area contributed by atoms with E-state index in [1.807, 2.05) is 42.5 Å². The average molecular weight is 386 g/mol. The van der Waals surface area contributed by atoms with Gasteiger partial charge < -0.3 is 14.6 Å². The van der Waals surface area contributed by atoms with E-state index in [1.54, 1.807) is 13.4 Å². The Morgan fingerprint density at radius 1 is 1.22 bits per heavy atom. The number of nitrogens with zero attached hydrogens (tertiary/aromatic N) is 2. The molecule has 1 heterocycles. The number of aromatic nitrogens is 2. The Hall–Kier alpha value is -2.37. The fourth-order valence-electron chi connectivity index (χ4n) is 2.95. The van der Waals surface area contributed by atoms with E-state index >= 15 is 0 Å². The van der Waals surface area contributed by atoms with E-state index in [1.165, 1.54) is 0 Å². The Kier molecular flexibility index (Phi) is 6.14. The van der Waals surface area contributed by atoms with Gasteiger partial charge in [-0.1, -0.05) is 37.6 Å². The van der Waals surface area contributed by atoms with Gasteiger partial charge in [-0.05, 0) is 41.8 Å². The van der Waals surface area contributed by atoms with E-state index in [-0.39, 0.29) is 17.9 Å². The predicted molar refractivity (Wildman–Crippen MR) is 108 cm³/mol. The molecule has 3 aromatic rings. The van der Waals surface area contributed by atoms with Crippen LogP contribution in [0.2, 0.25) is 5.02 Å². The number of imidazole rings is 1. The smallest absolute Gasteiger partial charge is 0.251 e. The van der Waals surface area contributed by atoms with E-state index < -0.39 is 0 Å². The zero-order chi connectivity index (χ0) is 19.4. The molecule has 0 aliphatic rings. The van der Waals surface area contributed by atoms with Crippen LogP contribution in [0.15, 0.2) is 48.8 Å². The average Bonchev–Trinajstić information content (AvgIpc) is 3.05. The Morgan fingerprint density at radius 3 is 2.63 bits per heavy atom. The largest absolute Gasteiger partial charge is 0.383 e. The van der Waals surface area contributed by atoms with Crippen LogP contribution in [-0.4, -0.2) is 35.2 Å². The lowest BCUT2D eigenvalue weighted by molar-refractivity contribution is 0.0866. The first-order valence-electron chi connectivity index (χ1n) is 8.97. The SMILES string of the molecule is COC[C@@H](NC(=O)c1ccc2c(c1)ncn2Cc1ccc(Cl)cc1)C(C)C. The Morgan fingerprint density at radius 2 is 1.96 bits per heavy atom. The molecule has 1 aromatic heterocycles. The van der Waals surface area contributed by atoms with Gasteiger partial charge in [0.25, 0.3) is 5.91 Å². The van der Waals surface area contributed by atoms with Crippen LogP contribution in [-0.2, 0) is 11.3 Å². The predicted octanol–water partition coefficient (Wildman–Crippen LogP) is 4.14. The summed E-state index contributed by atoms with van der Waals surface area (Å²) in [7, 11) is 1.64. The molecule has 0 saturated carbocycles. The molecule has 0 aliphatic carbocycles. The van der Waals surface area contributed by atoms with Crippen LogP contribution in [0.25, 0.3) is 11.0 Å². The first-order valence-corrected chi connectivity index (χ1v) is 9.35. The minimum atomic E-state index is -0.111. The maximum absolute atomic E-state index is 12.6. The fourth-order valence-corrected chi connectivity index (χ4v) is 3.08. The number of ether oxygens (including phenoxy) is 1. The number of fused-ring (bicyclic) bond motifs is 1. The van der Waals surface area contributed by atoms with Crippen molar-refractivity contribution in [2.75, 3.05) is 13.7 Å². The summed E-state index contributed by atoms with van der Waals surface area (Å²) in [6, 6.07) is 13.3. The number of carbonyl (C=O) groups is 1. The molecule has 142 valence electrons. The van der Waals surface area contributed by atoms with Gasteiger partial charge in [-0.15, -0.1) is 0 Å². The lowest BCUT2D eigenvalue weighted by atomic mass is 10.0. The number of amides is 1. The van der Waals surface area contributed by atoms with Crippen LogP contribution in [0.1, 0.15) is 29.8 Å². The lowest BCUT2D eigenvalue weighted by Gasteiger charge is -2.21. The summed E-state index contributed by atoms with van der Waals surface area (Å²) in [6.45, 7) is 5.31. The quantitative estimate of drug-likeness (QED) is 0.665. The molecule has 1 amide bonds. The minimum absolute atomic E-state index is 0.0272. The Bertz CT molecular complexity index is 919. The van der Waals surface area contributed by atoms with Gasteiger partial charge in [-0.25, -0.2) is 4.98 Å². The summed E-state index contributed by atoms with van der Waals surface area (Å²) in [5.74, 6) is 0.177. The van der Waals surface area contributed by atoms with Crippen LogP contribution in [0.5, 0.6) is 0 Å². The van der Waals surface area contributed by atoms with Crippen LogP contribution in [0.4, 0.5) is 0 Å². The third-order valence-electron chi connectivity index (χ3n) is 4.62. The normalized spacial score (nSPS) is 12.5. The maximum Gasteiger partial charge on any atom is 0.251 e. The summed E-state index contributed by atoms with van der Waals surface area (Å²) < 4.78 is 7.26. The molecule has 1 atom stereocenters. The molecule has 0 radical (unpaired) electrons. The number of hydrogen-bond donors (Lipinski definition) is 1. The highest BCUT2D eigenvalue weighted by Crippen LogP contribution is 2.18. The van der Waals surface area contributed by atoms with E-state index in [4.69, 9.17) is 16.3 Å². The molecular formula is C21H24ClN3O2. The number of rotatable bonds is 7. The molecule has 0 spiro atoms. The third-order valence-corrected chi connectivity index (χ3v) is 4.87. The summed E-state index contributed by atoms with van der Waals surface area (Å²) in [6.07, 6.45) is 1.79. The first-order chi connectivity index (χ1) is 13.0. The zero-order valence-corrected chi connectivity index (χ0v) is 16.5. The summed E-state index contributed by atoms with van der Waals surface area (Å²) >= 11 is 5.95. The topological polar surface area (TPSA) is 56.1 Å². The molecule has 1 N–H and O–H groups in total. The second-order valence-electron chi connectivity index (χ2n) is 6.98. The Balaban J connectivity index is 1.78. The van der Waals surface area contributed by atoms with Gasteiger partial charge in [0.2, 0.25) is 0 Å². The lowest BCUT2D eigenvalue weighted by Crippen LogP contribution is -2.41. The van der Waals surface area contributed by atoms with E-state index in [9.17, 15) is 4.79 Å². The minimum Gasteiger partial charge on any atom is -0.383 e. The second-order valence-corrected chi connectivity index (χ2v) is 7.42. The molecule has 2 aromatic carbocycles. The summed E-state index contributed by atoms with van der Waals surface area (Å²) in [5, 5.41) is 3.76. The number of carbonyl (C=O) groups excluding carboxylic acids is 1. The molecule has 0 saturated heterocycles. The van der Waals surface area contributed by atoms with Crippen molar-refractivity contribution in [3.05, 3.63) is 64.9 Å². The van der Waals surface area contributed by atoms with E-state index in [0.29, 0.717) is 18.7 Å². The maximum atomic E-state index is 12.6. The molecule has 5 nitrogen and oxygen atoms in total. The van der Waals surface area contributed by atoms with Crippen LogP contribution < -0.4 is 5.32 Å². The standard InChI is InChI=1S/C21H24ClN3O2/c1-14(2)19(12-27-3)24-21(26)16-6-9-20-18(10-16)23-13-25(20)11-15-4-7-17(22)8-5-15/h4-10,13-14,19H,11-12H2,1-3H3,(H,24,26)/t19-/m1/s1. The highest BCUT2D eigenvalue weighted by atomic mass is 35.5. The van der Waals surface area contributed by atoms with Crippen LogP contribution in [0.3, 0.4) is 0 Å². The van der Waals surface area contributed by atoms with Crippen molar-refractivity contribution in [2.24, 2.45) is 5.92 Å². The van der Waals surface area contributed by atoms with Crippen molar-refractivity contribution >= 4 is 28.5 Å². The van der Waals surface area contributed by atoms with Gasteiger partial charge in [0, 0.05) is 24.2 Å². The van der Waals surface area contributed by atoms with E-state index in [0.717, 1.165) is 21.6 Å². The molecule has 0 bridgehead atoms. The molecule has 0 unspecified atom stereocenters. The zero-order valence-electron chi connectivity index (χ0n) is 15.8. The fraction of sp³-hybridized carbons (Fsp3) is 0.333. The van der Waals surface area contributed by atoms with Crippen molar-refractivity contribution < 1.29 is 9.53 Å². The number of hydrogen-bond acceptors (Lipinski definition) is 3. The van der Waals surface area contributed by atoms with Crippen molar-refractivity contribution in [2.45, 2.75) is 26.4 Å². The monoisotopic (exact) mass is 385 g/mol. The number of methoxy groups -OCH3 is 1. The van der Waals surface area contributed by atoms with Gasteiger partial charge in [0.15, 0.2) is 0 Å². The summed E-state index contributed by atoms with van der Waals surface area (Å²) in [5.41, 5.74) is 3.52. The molecule has 27 heavy (non-hydrogen) atoms. The van der Waals surface area contributed by atoms with Crippen molar-refractivity contribution in [3.63, 3.8) is 0 Å². The van der Waals surface area contributed by atoms with Gasteiger partial charge in [0.05, 0.1) is 30.0 Å². The third kappa shape index (κ3) is 4.67. The highest BCUT2D eigenvalue weighted by Gasteiger charge is 2.17. The molecule has 0 aliphatic heterocycles. The summed E-state index contributed by atoms with van der Waals surface area (Å²) in [4.78, 5) is 17.1. The van der Waals surface area contributed by atoms with E-state index in [2.05, 4.69) is 28.7 Å². The van der Waals surface area contributed by atoms with Gasteiger partial charge in [-0.2, -0.15) is 0 Å². The van der Waals surface area contributed by atoms with Gasteiger partial charge >= 0.3 is 0 Å². The van der Waals surface area contributed by atoms with Gasteiger partial charge in [-0.3, -0.25) is 4.79 Å². The number of benzene rings is 2. The van der Waals surface area contributed by atoms with Crippen LogP contribution >= 0.6 is 11.6 Å². The number of nitrogens with one attached hydrogen (secondary N) is 1. The Labute approximate surface area is 164 Å². The molecule has 6 heteroatoms. The van der Waals surface area contributed by atoms with Crippen molar-refractivity contribution in [3.8, 4) is 0 Å². The second kappa shape index (κ2) is 8.55. The van der Waals surface area contributed by atoms with Crippen molar-refractivity contribution in [1.29, 1.82) is 0 Å². The molecule has 0 fully saturated rings. The van der Waals surface area contributed by atoms with Crippen LogP contribution in [0, 0.1) is 5.92 Å². The highest BCUT2D eigenvalue weighted by molar-refractivity contribution is 6.30. The van der Waals surface area contributed by atoms with Gasteiger partial charge in [0.1, 0.15) is 0 Å². The molecular weight excluding hydrogens is 362 g/mol.